The van der Waals surface area contributed by atoms with Gasteiger partial charge in [0.2, 0.25) is 5.95 Å². The Morgan fingerprint density at radius 2 is 2.33 bits per heavy atom. The number of aromatic nitrogens is 6. The first kappa shape index (κ1) is 10.4. The van der Waals surface area contributed by atoms with E-state index in [1.54, 1.807) is 17.2 Å². The number of hydrogen-bond donors (Lipinski definition) is 2. The maximum Gasteiger partial charge on any atom is 0.231 e. The van der Waals surface area contributed by atoms with Crippen LogP contribution in [0.25, 0.3) is 11.2 Å². The highest BCUT2D eigenvalue weighted by Crippen LogP contribution is 2.22. The molecule has 3 aromatic heterocycles. The molecule has 0 aliphatic rings. The largest absolute Gasteiger partial charge is 0.329 e. The van der Waals surface area contributed by atoms with Gasteiger partial charge in [-0.05, 0) is 6.72 Å². The summed E-state index contributed by atoms with van der Waals surface area (Å²) in [5.74, 6) is 0.856. The molecule has 0 amide bonds. The molecule has 2 N–H and O–H groups in total. The molecule has 0 atom stereocenters. The number of nitrogens with one attached hydrogen (secondary N) is 2. The second kappa shape index (κ2) is 3.91. The number of fused-ring (bicyclic) bond motifs is 1. The van der Waals surface area contributed by atoms with Gasteiger partial charge in [0.05, 0.1) is 18.2 Å². The molecule has 3 aromatic rings. The zero-order valence-electron chi connectivity index (χ0n) is 9.62. The van der Waals surface area contributed by atoms with Gasteiger partial charge in [-0.1, -0.05) is 0 Å². The van der Waals surface area contributed by atoms with Crippen molar-refractivity contribution in [2.24, 2.45) is 12.0 Å². The van der Waals surface area contributed by atoms with Crippen LogP contribution in [0, 0.1) is 0 Å². The molecule has 0 fully saturated rings. The minimum atomic E-state index is 0.419. The molecule has 0 unspecified atom stereocenters. The minimum Gasteiger partial charge on any atom is -0.329 e. The molecule has 0 aliphatic heterocycles. The summed E-state index contributed by atoms with van der Waals surface area (Å²) in [6.07, 6.45) is 5.05. The van der Waals surface area contributed by atoms with Gasteiger partial charge in [0, 0.05) is 13.2 Å². The lowest BCUT2D eigenvalue weighted by Gasteiger charge is -2.02. The number of rotatable bonds is 3. The maximum atomic E-state index is 4.28. The smallest absolute Gasteiger partial charge is 0.231 e. The molecule has 90 valence electrons. The number of nitrogens with zero attached hydrogens (tertiary/aromatic N) is 6. The molecule has 0 spiro atoms. The quantitative estimate of drug-likeness (QED) is 0.672. The molecule has 0 aromatic carbocycles. The zero-order chi connectivity index (χ0) is 12.5. The minimum absolute atomic E-state index is 0.419. The molecular weight excluding hydrogens is 232 g/mol. The number of aryl methyl sites for hydroxylation is 1. The van der Waals surface area contributed by atoms with Crippen LogP contribution in [-0.2, 0) is 7.05 Å². The number of anilines is 2. The van der Waals surface area contributed by atoms with E-state index in [9.17, 15) is 0 Å². The van der Waals surface area contributed by atoms with E-state index in [2.05, 4.69) is 42.1 Å². The van der Waals surface area contributed by atoms with E-state index >= 15 is 0 Å². The van der Waals surface area contributed by atoms with Gasteiger partial charge in [-0.15, -0.1) is 0 Å². The second-order valence-electron chi connectivity index (χ2n) is 3.66. The van der Waals surface area contributed by atoms with Crippen molar-refractivity contribution in [1.82, 2.24) is 29.7 Å². The van der Waals surface area contributed by atoms with Crippen LogP contribution in [0.1, 0.15) is 0 Å². The van der Waals surface area contributed by atoms with Gasteiger partial charge < -0.3 is 10.3 Å². The summed E-state index contributed by atoms with van der Waals surface area (Å²) in [7, 11) is 1.83. The lowest BCUT2D eigenvalue weighted by atomic mass is 10.5. The van der Waals surface area contributed by atoms with Crippen molar-refractivity contribution in [1.29, 1.82) is 0 Å². The van der Waals surface area contributed by atoms with Crippen molar-refractivity contribution in [3.8, 4) is 0 Å². The summed E-state index contributed by atoms with van der Waals surface area (Å²) >= 11 is 0. The Labute approximate surface area is 102 Å². The predicted molar refractivity (Wildman–Crippen MR) is 67.4 cm³/mol. The fourth-order valence-electron chi connectivity index (χ4n) is 1.60. The molecule has 0 saturated carbocycles. The van der Waals surface area contributed by atoms with Crippen molar-refractivity contribution < 1.29 is 0 Å². The normalized spacial score (nSPS) is 10.7. The van der Waals surface area contributed by atoms with Gasteiger partial charge in [-0.3, -0.25) is 4.68 Å². The number of H-pyrrole nitrogens is 1. The molecule has 0 saturated heterocycles. The Kier molecular flexibility index (Phi) is 2.26. The molecule has 3 rings (SSSR count). The van der Waals surface area contributed by atoms with E-state index in [-0.39, 0.29) is 0 Å². The first-order chi connectivity index (χ1) is 8.76. The fourth-order valence-corrected chi connectivity index (χ4v) is 1.60. The zero-order valence-corrected chi connectivity index (χ0v) is 9.62. The van der Waals surface area contributed by atoms with Gasteiger partial charge in [0.25, 0.3) is 0 Å². The second-order valence-corrected chi connectivity index (χ2v) is 3.66. The van der Waals surface area contributed by atoms with Gasteiger partial charge in [0.15, 0.2) is 17.0 Å². The summed E-state index contributed by atoms with van der Waals surface area (Å²) in [5.41, 5.74) is 2.01. The monoisotopic (exact) mass is 242 g/mol. The van der Waals surface area contributed by atoms with E-state index in [0.717, 1.165) is 5.69 Å². The summed E-state index contributed by atoms with van der Waals surface area (Å²) in [6.45, 7) is 3.47. The van der Waals surface area contributed by atoms with Crippen LogP contribution in [0.4, 0.5) is 17.5 Å². The summed E-state index contributed by atoms with van der Waals surface area (Å²) < 4.78 is 1.68. The van der Waals surface area contributed by atoms with Crippen molar-refractivity contribution in [3.63, 3.8) is 0 Å². The van der Waals surface area contributed by atoms with Crippen LogP contribution in [0.15, 0.2) is 23.7 Å². The van der Waals surface area contributed by atoms with E-state index < -0.39 is 0 Å². The summed E-state index contributed by atoms with van der Waals surface area (Å²) in [6, 6.07) is 0. The van der Waals surface area contributed by atoms with Crippen LogP contribution in [0.5, 0.6) is 0 Å². The molecule has 8 heteroatoms. The molecule has 8 nitrogen and oxygen atoms in total. The highest BCUT2D eigenvalue weighted by molar-refractivity contribution is 5.83. The third kappa shape index (κ3) is 1.69. The van der Waals surface area contributed by atoms with E-state index in [0.29, 0.717) is 22.9 Å². The van der Waals surface area contributed by atoms with Crippen LogP contribution >= 0.6 is 0 Å². The molecule has 0 aliphatic carbocycles. The third-order valence-corrected chi connectivity index (χ3v) is 2.37. The lowest BCUT2D eigenvalue weighted by molar-refractivity contribution is 0.768. The number of aliphatic imine (C=N–C) groups is 1. The van der Waals surface area contributed by atoms with Gasteiger partial charge in [0.1, 0.15) is 0 Å². The van der Waals surface area contributed by atoms with Crippen molar-refractivity contribution in [3.05, 3.63) is 18.7 Å². The number of hydrogen-bond acceptors (Lipinski definition) is 6. The first-order valence-electron chi connectivity index (χ1n) is 5.20. The van der Waals surface area contributed by atoms with Crippen LogP contribution in [0.2, 0.25) is 0 Å². The average Bonchev–Trinajstić information content (AvgIpc) is 2.97. The molecule has 0 bridgehead atoms. The van der Waals surface area contributed by atoms with Crippen molar-refractivity contribution in [2.75, 3.05) is 5.32 Å². The Bertz CT molecular complexity index is 710. The maximum absolute atomic E-state index is 4.28. The van der Waals surface area contributed by atoms with E-state index in [4.69, 9.17) is 0 Å². The summed E-state index contributed by atoms with van der Waals surface area (Å²) in [4.78, 5) is 19.3. The average molecular weight is 242 g/mol. The van der Waals surface area contributed by atoms with Gasteiger partial charge >= 0.3 is 0 Å². The van der Waals surface area contributed by atoms with Crippen molar-refractivity contribution >= 4 is 35.3 Å². The number of aromatic amines is 1. The van der Waals surface area contributed by atoms with E-state index in [1.165, 1.54) is 0 Å². The van der Waals surface area contributed by atoms with E-state index in [1.807, 2.05) is 13.2 Å². The Morgan fingerprint density at radius 1 is 1.44 bits per heavy atom. The Morgan fingerprint density at radius 3 is 3.06 bits per heavy atom. The molecule has 0 radical (unpaired) electrons. The Balaban J connectivity index is 2.03. The topological polar surface area (TPSA) is 96.7 Å². The first-order valence-corrected chi connectivity index (χ1v) is 5.20. The van der Waals surface area contributed by atoms with Crippen LogP contribution in [-0.4, -0.2) is 36.4 Å². The van der Waals surface area contributed by atoms with Crippen LogP contribution < -0.4 is 5.32 Å². The lowest BCUT2D eigenvalue weighted by Crippen LogP contribution is -1.97. The molecule has 3 heterocycles. The third-order valence-electron chi connectivity index (χ3n) is 2.37. The number of imidazole rings is 1. The van der Waals surface area contributed by atoms with Gasteiger partial charge in [-0.25, -0.2) is 9.98 Å². The molecule has 18 heavy (non-hydrogen) atoms. The van der Waals surface area contributed by atoms with Crippen molar-refractivity contribution in [2.45, 2.75) is 0 Å². The SMILES string of the molecule is C=Nc1nc(Nc2cnn(C)c2)nc2[nH]cnc12. The van der Waals surface area contributed by atoms with Crippen LogP contribution in [0.3, 0.4) is 0 Å². The Hall–Kier alpha value is -2.77. The standard InChI is InChI=1S/C10H10N8/c1-11-8-7-9(13-5-12-7)17-10(16-8)15-6-3-14-18(2)4-6/h3-5H,1H2,2H3,(H2,12,13,15,16,17). The predicted octanol–water partition coefficient (Wildman–Crippen LogP) is 1.16. The van der Waals surface area contributed by atoms with Gasteiger partial charge in [-0.2, -0.15) is 15.1 Å². The summed E-state index contributed by atoms with van der Waals surface area (Å²) in [5, 5.41) is 7.09. The highest BCUT2D eigenvalue weighted by atomic mass is 15.3. The molecular formula is C10H10N8. The highest BCUT2D eigenvalue weighted by Gasteiger charge is 2.09. The fraction of sp³-hybridized carbons (Fsp3) is 0.100.